The zero-order valence-corrected chi connectivity index (χ0v) is 25.0. The van der Waals surface area contributed by atoms with Gasteiger partial charge in [-0.1, -0.05) is 42.1 Å². The molecule has 2 aromatic carbocycles. The van der Waals surface area contributed by atoms with Crippen LogP contribution in [-0.4, -0.2) is 78.0 Å². The van der Waals surface area contributed by atoms with Crippen molar-refractivity contribution in [3.05, 3.63) is 82.0 Å². The fourth-order valence-corrected chi connectivity index (χ4v) is 6.28. The van der Waals surface area contributed by atoms with E-state index in [0.717, 1.165) is 5.56 Å². The summed E-state index contributed by atoms with van der Waals surface area (Å²) in [5.41, 5.74) is 3.16. The number of hydrogen-bond acceptors (Lipinski definition) is 9. The first-order chi connectivity index (χ1) is 20.3. The Labute approximate surface area is 249 Å². The van der Waals surface area contributed by atoms with Crippen molar-refractivity contribution in [2.24, 2.45) is 4.99 Å². The number of fused-ring (bicyclic) bond motifs is 1. The summed E-state index contributed by atoms with van der Waals surface area (Å²) in [5.74, 6) is 0.613. The van der Waals surface area contributed by atoms with Crippen molar-refractivity contribution in [3.8, 4) is 11.5 Å². The molecule has 2 aromatic rings. The molecule has 3 aliphatic heterocycles. The van der Waals surface area contributed by atoms with Crippen LogP contribution < -0.4 is 9.47 Å². The average Bonchev–Trinajstić information content (AvgIpc) is 3.40. The Balaban J connectivity index is 1.47. The van der Waals surface area contributed by atoms with Gasteiger partial charge in [0.15, 0.2) is 5.17 Å². The Morgan fingerprint density at radius 3 is 2.36 bits per heavy atom. The molecule has 10 nitrogen and oxygen atoms in total. The molecular formula is C31H34N4O6S. The number of ether oxygens (including phenoxy) is 3. The lowest BCUT2D eigenvalue weighted by Gasteiger charge is -2.38. The van der Waals surface area contributed by atoms with Crippen LogP contribution in [0.3, 0.4) is 0 Å². The van der Waals surface area contributed by atoms with Crippen LogP contribution in [0.1, 0.15) is 37.4 Å². The number of thioether (sulfide) groups is 1. The first kappa shape index (κ1) is 29.2. The van der Waals surface area contributed by atoms with Gasteiger partial charge >= 0.3 is 5.97 Å². The number of hydrogen-bond donors (Lipinski definition) is 0. The van der Waals surface area contributed by atoms with E-state index in [0.29, 0.717) is 65.4 Å². The molecule has 1 atom stereocenters. The quantitative estimate of drug-likeness (QED) is 0.424. The number of amidine groups is 1. The fourth-order valence-electron chi connectivity index (χ4n) is 5.32. The van der Waals surface area contributed by atoms with Crippen molar-refractivity contribution in [1.29, 1.82) is 0 Å². The standard InChI is InChI=1S/C31H34N4O6S/c1-20-28(30(38)41-18-22-8-6-5-7-9-22)29(25-17-24(39-3)10-11-26(25)40-4)35-23(19-42-31(35)32-20)16-27(37)34-14-12-33(13-15-34)21(2)36/h5-11,17,19,29H,12-16,18H2,1-4H3. The maximum Gasteiger partial charge on any atom is 0.338 e. The van der Waals surface area contributed by atoms with Crippen LogP contribution in [0.5, 0.6) is 11.5 Å². The van der Waals surface area contributed by atoms with E-state index in [9.17, 15) is 14.4 Å². The topological polar surface area (TPSA) is 101 Å². The van der Waals surface area contributed by atoms with Gasteiger partial charge in [0, 0.05) is 44.4 Å². The largest absolute Gasteiger partial charge is 0.497 e. The van der Waals surface area contributed by atoms with E-state index >= 15 is 0 Å². The second kappa shape index (κ2) is 12.7. The van der Waals surface area contributed by atoms with E-state index in [-0.39, 0.29) is 24.8 Å². The highest BCUT2D eigenvalue weighted by Crippen LogP contribution is 2.47. The fraction of sp³-hybridized carbons (Fsp3) is 0.355. The first-order valence-electron chi connectivity index (χ1n) is 13.7. The minimum atomic E-state index is -0.672. The number of methoxy groups -OCH3 is 2. The highest BCUT2D eigenvalue weighted by molar-refractivity contribution is 8.16. The Morgan fingerprint density at radius 1 is 0.976 bits per heavy atom. The summed E-state index contributed by atoms with van der Waals surface area (Å²) in [6.07, 6.45) is 0.111. The molecule has 0 radical (unpaired) electrons. The molecule has 5 rings (SSSR count). The van der Waals surface area contributed by atoms with Crippen molar-refractivity contribution < 1.29 is 28.6 Å². The highest BCUT2D eigenvalue weighted by Gasteiger charge is 2.43. The van der Waals surface area contributed by atoms with Gasteiger partial charge in [0.2, 0.25) is 11.8 Å². The van der Waals surface area contributed by atoms with E-state index in [1.807, 2.05) is 46.7 Å². The van der Waals surface area contributed by atoms with Crippen LogP contribution >= 0.6 is 11.8 Å². The molecule has 42 heavy (non-hydrogen) atoms. The summed E-state index contributed by atoms with van der Waals surface area (Å²) >= 11 is 1.41. The van der Waals surface area contributed by atoms with Crippen molar-refractivity contribution in [2.75, 3.05) is 40.4 Å². The van der Waals surface area contributed by atoms with Gasteiger partial charge in [0.25, 0.3) is 0 Å². The third-order valence-electron chi connectivity index (χ3n) is 7.57. The minimum Gasteiger partial charge on any atom is -0.497 e. The number of carbonyl (C=O) groups excluding carboxylic acids is 3. The molecule has 0 aromatic heterocycles. The molecule has 2 amide bonds. The average molecular weight is 591 g/mol. The van der Waals surface area contributed by atoms with Gasteiger partial charge in [-0.25, -0.2) is 9.79 Å². The van der Waals surface area contributed by atoms with Gasteiger partial charge in [0.05, 0.1) is 38.0 Å². The van der Waals surface area contributed by atoms with Gasteiger partial charge < -0.3 is 28.9 Å². The first-order valence-corrected chi connectivity index (χ1v) is 14.6. The molecule has 1 saturated heterocycles. The van der Waals surface area contributed by atoms with Gasteiger partial charge in [-0.2, -0.15) is 0 Å². The van der Waals surface area contributed by atoms with E-state index in [1.165, 1.54) is 11.8 Å². The third-order valence-corrected chi connectivity index (χ3v) is 8.46. The molecule has 1 fully saturated rings. The van der Waals surface area contributed by atoms with Crippen LogP contribution in [-0.2, 0) is 25.7 Å². The summed E-state index contributed by atoms with van der Waals surface area (Å²) in [4.78, 5) is 49.2. The second-order valence-electron chi connectivity index (χ2n) is 10.1. The molecule has 0 N–H and O–H groups in total. The molecule has 0 saturated carbocycles. The summed E-state index contributed by atoms with van der Waals surface area (Å²) in [5, 5.41) is 2.57. The van der Waals surface area contributed by atoms with E-state index in [2.05, 4.69) is 0 Å². The van der Waals surface area contributed by atoms with Crippen molar-refractivity contribution in [3.63, 3.8) is 0 Å². The maximum atomic E-state index is 13.8. The maximum absolute atomic E-state index is 13.8. The van der Waals surface area contributed by atoms with Crippen LogP contribution in [0.25, 0.3) is 0 Å². The number of aliphatic imine (C=N–C) groups is 1. The SMILES string of the molecule is COc1ccc(OC)c(C2C(C(=O)OCc3ccccc3)=C(C)N=C3SC=C(CC(=O)N4CCN(C(C)=O)CC4)N32)c1. The summed E-state index contributed by atoms with van der Waals surface area (Å²) in [7, 11) is 3.16. The molecule has 1 unspecified atom stereocenters. The predicted octanol–water partition coefficient (Wildman–Crippen LogP) is 4.10. The van der Waals surface area contributed by atoms with E-state index in [1.54, 1.807) is 50.0 Å². The zero-order valence-electron chi connectivity index (χ0n) is 24.2. The number of carbonyl (C=O) groups is 3. The van der Waals surface area contributed by atoms with Gasteiger partial charge in [-0.05, 0) is 36.1 Å². The Morgan fingerprint density at radius 2 is 1.69 bits per heavy atom. The Kier molecular flexibility index (Phi) is 8.86. The number of allylic oxidation sites excluding steroid dienone is 1. The second-order valence-corrected chi connectivity index (χ2v) is 11.0. The summed E-state index contributed by atoms with van der Waals surface area (Å²) in [6.45, 7) is 5.41. The van der Waals surface area contributed by atoms with Crippen LogP contribution in [0, 0.1) is 0 Å². The smallest absolute Gasteiger partial charge is 0.338 e. The number of esters is 1. The van der Waals surface area contributed by atoms with E-state index in [4.69, 9.17) is 19.2 Å². The normalized spacial score (nSPS) is 18.3. The number of nitrogens with zero attached hydrogens (tertiary/aromatic N) is 4. The van der Waals surface area contributed by atoms with Crippen molar-refractivity contribution in [1.82, 2.24) is 14.7 Å². The highest BCUT2D eigenvalue weighted by atomic mass is 32.2. The van der Waals surface area contributed by atoms with Gasteiger partial charge in [-0.15, -0.1) is 0 Å². The third kappa shape index (κ3) is 6.01. The molecule has 3 heterocycles. The Bertz CT molecular complexity index is 1460. The molecule has 0 bridgehead atoms. The molecule has 220 valence electrons. The monoisotopic (exact) mass is 590 g/mol. The van der Waals surface area contributed by atoms with E-state index < -0.39 is 12.0 Å². The minimum absolute atomic E-state index is 0.00934. The molecule has 3 aliphatic rings. The molecule has 0 spiro atoms. The zero-order chi connectivity index (χ0) is 29.8. The lowest BCUT2D eigenvalue weighted by molar-refractivity contribution is -0.141. The van der Waals surface area contributed by atoms with Crippen molar-refractivity contribution in [2.45, 2.75) is 32.9 Å². The van der Waals surface area contributed by atoms with Crippen LogP contribution in [0.2, 0.25) is 0 Å². The van der Waals surface area contributed by atoms with Crippen LogP contribution in [0.15, 0.2) is 75.9 Å². The number of rotatable bonds is 8. The summed E-state index contributed by atoms with van der Waals surface area (Å²) in [6, 6.07) is 14.3. The number of benzene rings is 2. The molecule has 11 heteroatoms. The lowest BCUT2D eigenvalue weighted by Crippen LogP contribution is -2.50. The Hall–Kier alpha value is -4.25. The number of amides is 2. The van der Waals surface area contributed by atoms with Gasteiger partial charge in [0.1, 0.15) is 18.1 Å². The molecular weight excluding hydrogens is 556 g/mol. The molecule has 0 aliphatic carbocycles. The van der Waals surface area contributed by atoms with Crippen molar-refractivity contribution >= 4 is 34.7 Å². The predicted molar refractivity (Wildman–Crippen MR) is 160 cm³/mol. The van der Waals surface area contributed by atoms with Crippen LogP contribution in [0.4, 0.5) is 0 Å². The summed E-state index contributed by atoms with van der Waals surface area (Å²) < 4.78 is 17.1. The number of piperazine rings is 1. The van der Waals surface area contributed by atoms with Gasteiger partial charge in [-0.3, -0.25) is 9.59 Å². The lowest BCUT2D eigenvalue weighted by atomic mass is 9.92.